The molecule has 3 aromatic rings. The summed E-state index contributed by atoms with van der Waals surface area (Å²) in [5, 5.41) is 16.6. The molecule has 0 spiro atoms. The number of rotatable bonds is 12. The van der Waals surface area contributed by atoms with Crippen LogP contribution in [0.25, 0.3) is 0 Å². The van der Waals surface area contributed by atoms with Gasteiger partial charge in [-0.05, 0) is 54.7 Å². The number of hydrogen-bond acceptors (Lipinski definition) is 8. The van der Waals surface area contributed by atoms with Gasteiger partial charge in [0.2, 0.25) is 10.0 Å². The lowest BCUT2D eigenvalue weighted by Crippen LogP contribution is -2.50. The SMILES string of the molecule is O=C(O)CC(NS(=O)(=O)c1ccccc1)N(Cc1ccccc1)Cc1ccc(N2CCC(NC3=NCCCN3)CC2)cc1. The third-order valence-electron chi connectivity index (χ3n) is 7.80. The summed E-state index contributed by atoms with van der Waals surface area (Å²) in [6.07, 6.45) is 1.77. The zero-order valence-electron chi connectivity index (χ0n) is 24.2. The summed E-state index contributed by atoms with van der Waals surface area (Å²) < 4.78 is 29.1. The lowest BCUT2D eigenvalue weighted by molar-refractivity contribution is -0.138. The largest absolute Gasteiger partial charge is 0.481 e. The van der Waals surface area contributed by atoms with Crippen molar-refractivity contribution in [2.75, 3.05) is 31.1 Å². The molecule has 228 valence electrons. The van der Waals surface area contributed by atoms with Gasteiger partial charge in [0.25, 0.3) is 0 Å². The van der Waals surface area contributed by atoms with Gasteiger partial charge in [-0.25, -0.2) is 8.42 Å². The molecule has 0 bridgehead atoms. The molecule has 3 aromatic carbocycles. The molecule has 5 rings (SSSR count). The number of carbonyl (C=O) groups is 1. The number of hydrogen-bond donors (Lipinski definition) is 4. The van der Waals surface area contributed by atoms with Crippen molar-refractivity contribution in [3.8, 4) is 0 Å². The molecule has 1 atom stereocenters. The summed E-state index contributed by atoms with van der Waals surface area (Å²) in [5.74, 6) is -0.167. The highest BCUT2D eigenvalue weighted by molar-refractivity contribution is 7.89. The summed E-state index contributed by atoms with van der Waals surface area (Å²) >= 11 is 0. The molecule has 1 saturated heterocycles. The van der Waals surface area contributed by atoms with Gasteiger partial charge in [-0.2, -0.15) is 4.72 Å². The Balaban J connectivity index is 1.28. The number of nitrogens with zero attached hydrogens (tertiary/aromatic N) is 3. The molecule has 0 aromatic heterocycles. The van der Waals surface area contributed by atoms with E-state index in [4.69, 9.17) is 0 Å². The second-order valence-corrected chi connectivity index (χ2v) is 12.7. The van der Waals surface area contributed by atoms with E-state index in [9.17, 15) is 18.3 Å². The number of guanidine groups is 1. The zero-order valence-corrected chi connectivity index (χ0v) is 25.0. The number of sulfonamides is 1. The third kappa shape index (κ3) is 8.79. The Labute approximate surface area is 253 Å². The monoisotopic (exact) mass is 604 g/mol. The first-order valence-corrected chi connectivity index (χ1v) is 16.3. The second-order valence-electron chi connectivity index (χ2n) is 11.0. The smallest absolute Gasteiger partial charge is 0.306 e. The van der Waals surface area contributed by atoms with Gasteiger partial charge in [0.15, 0.2) is 5.96 Å². The average Bonchev–Trinajstić information content (AvgIpc) is 3.02. The van der Waals surface area contributed by atoms with Crippen LogP contribution in [0.4, 0.5) is 5.69 Å². The Morgan fingerprint density at radius 1 is 0.953 bits per heavy atom. The fourth-order valence-electron chi connectivity index (χ4n) is 5.50. The van der Waals surface area contributed by atoms with Crippen LogP contribution in [0.2, 0.25) is 0 Å². The summed E-state index contributed by atoms with van der Waals surface area (Å²) in [7, 11) is -3.95. The summed E-state index contributed by atoms with van der Waals surface area (Å²) in [4.78, 5) is 20.8. The van der Waals surface area contributed by atoms with E-state index < -0.39 is 22.2 Å². The maximum Gasteiger partial charge on any atom is 0.306 e. The Hall–Kier alpha value is -3.93. The summed E-state index contributed by atoms with van der Waals surface area (Å²) in [5.41, 5.74) is 3.06. The van der Waals surface area contributed by atoms with E-state index in [1.807, 2.05) is 47.4 Å². The predicted molar refractivity (Wildman–Crippen MR) is 168 cm³/mol. The number of aliphatic imine (C=N–C) groups is 1. The number of benzene rings is 3. The Morgan fingerprint density at radius 3 is 2.19 bits per heavy atom. The van der Waals surface area contributed by atoms with Crippen molar-refractivity contribution >= 4 is 27.6 Å². The first-order chi connectivity index (χ1) is 20.9. The van der Waals surface area contributed by atoms with E-state index in [2.05, 4.69) is 37.4 Å². The minimum Gasteiger partial charge on any atom is -0.481 e. The first kappa shape index (κ1) is 30.5. The lowest BCUT2D eigenvalue weighted by atomic mass is 10.0. The molecule has 4 N–H and O–H groups in total. The fraction of sp³-hybridized carbons (Fsp3) is 0.375. The minimum absolute atomic E-state index is 0.0939. The van der Waals surface area contributed by atoms with Gasteiger partial charge in [0.05, 0.1) is 17.5 Å². The molecule has 2 heterocycles. The van der Waals surface area contributed by atoms with Gasteiger partial charge in [-0.3, -0.25) is 14.7 Å². The van der Waals surface area contributed by atoms with E-state index in [1.165, 1.54) is 12.1 Å². The second kappa shape index (κ2) is 14.5. The maximum atomic E-state index is 13.2. The van der Waals surface area contributed by atoms with Gasteiger partial charge in [-0.1, -0.05) is 60.7 Å². The molecule has 0 amide bonds. The van der Waals surface area contributed by atoms with Crippen LogP contribution < -0.4 is 20.3 Å². The molecule has 1 fully saturated rings. The molecule has 0 saturated carbocycles. The summed E-state index contributed by atoms with van der Waals surface area (Å²) in [6.45, 7) is 4.46. The normalized spacial score (nSPS) is 16.8. The van der Waals surface area contributed by atoms with Crippen LogP contribution in [0.5, 0.6) is 0 Å². The standard InChI is InChI=1S/C32H40N6O4S/c39-31(40)22-30(36-43(41,42)29-10-5-2-6-11-29)38(23-25-8-3-1-4-9-25)24-26-12-14-28(15-13-26)37-20-16-27(17-21-37)35-32-33-18-7-19-34-32/h1-6,8-15,27,30,36H,7,16-24H2,(H,39,40)(H2,33,34,35). The fourth-order valence-corrected chi connectivity index (χ4v) is 6.75. The minimum atomic E-state index is -3.95. The van der Waals surface area contributed by atoms with Crippen molar-refractivity contribution in [2.45, 2.75) is 55.9 Å². The number of nitrogens with one attached hydrogen (secondary N) is 3. The van der Waals surface area contributed by atoms with Crippen LogP contribution in [0, 0.1) is 0 Å². The van der Waals surface area contributed by atoms with E-state index in [0.29, 0.717) is 19.1 Å². The van der Waals surface area contributed by atoms with Crippen LogP contribution in [-0.4, -0.2) is 68.7 Å². The van der Waals surface area contributed by atoms with E-state index in [1.54, 1.807) is 18.2 Å². The third-order valence-corrected chi connectivity index (χ3v) is 9.28. The van der Waals surface area contributed by atoms with Crippen molar-refractivity contribution in [2.24, 2.45) is 4.99 Å². The van der Waals surface area contributed by atoms with E-state index in [0.717, 1.165) is 68.2 Å². The number of carboxylic acid groups (broad SMARTS) is 1. The lowest BCUT2D eigenvalue weighted by Gasteiger charge is -2.35. The van der Waals surface area contributed by atoms with Crippen molar-refractivity contribution in [3.05, 3.63) is 96.1 Å². The van der Waals surface area contributed by atoms with E-state index >= 15 is 0 Å². The van der Waals surface area contributed by atoms with Crippen molar-refractivity contribution in [1.82, 2.24) is 20.3 Å². The molecular weight excluding hydrogens is 564 g/mol. The first-order valence-electron chi connectivity index (χ1n) is 14.8. The van der Waals surface area contributed by atoms with Gasteiger partial charge >= 0.3 is 5.97 Å². The molecule has 0 aliphatic carbocycles. The molecule has 10 nitrogen and oxygen atoms in total. The average molecular weight is 605 g/mol. The molecule has 43 heavy (non-hydrogen) atoms. The topological polar surface area (TPSA) is 126 Å². The number of aliphatic carboxylic acids is 1. The van der Waals surface area contributed by atoms with Crippen molar-refractivity contribution in [3.63, 3.8) is 0 Å². The number of carboxylic acids is 1. The van der Waals surface area contributed by atoms with Gasteiger partial charge in [-0.15, -0.1) is 0 Å². The van der Waals surface area contributed by atoms with Gasteiger partial charge < -0.3 is 20.6 Å². The quantitative estimate of drug-likeness (QED) is 0.232. The summed E-state index contributed by atoms with van der Waals surface area (Å²) in [6, 6.07) is 26.4. The van der Waals surface area contributed by atoms with Crippen molar-refractivity contribution in [1.29, 1.82) is 0 Å². The van der Waals surface area contributed by atoms with E-state index in [-0.39, 0.29) is 11.3 Å². The van der Waals surface area contributed by atoms with Crippen molar-refractivity contribution < 1.29 is 18.3 Å². The van der Waals surface area contributed by atoms with Gasteiger partial charge in [0.1, 0.15) is 0 Å². The Kier molecular flexibility index (Phi) is 10.3. The van der Waals surface area contributed by atoms with Gasteiger partial charge in [0, 0.05) is 51.0 Å². The van der Waals surface area contributed by atoms with Crippen LogP contribution in [0.3, 0.4) is 0 Å². The molecule has 2 aliphatic rings. The zero-order chi connectivity index (χ0) is 30.1. The predicted octanol–water partition coefficient (Wildman–Crippen LogP) is 3.38. The highest BCUT2D eigenvalue weighted by Gasteiger charge is 2.28. The molecule has 2 aliphatic heterocycles. The highest BCUT2D eigenvalue weighted by Crippen LogP contribution is 2.23. The molecular formula is C32H40N6O4S. The molecule has 1 unspecified atom stereocenters. The maximum absolute atomic E-state index is 13.2. The molecule has 0 radical (unpaired) electrons. The Bertz CT molecular complexity index is 1460. The Morgan fingerprint density at radius 2 is 1.58 bits per heavy atom. The highest BCUT2D eigenvalue weighted by atomic mass is 32.2. The molecule has 11 heteroatoms. The van der Waals surface area contributed by atoms with Crippen LogP contribution in [-0.2, 0) is 27.9 Å². The van der Waals surface area contributed by atoms with Crippen LogP contribution in [0.15, 0.2) is 94.8 Å². The number of piperidine rings is 1. The number of anilines is 1. The van der Waals surface area contributed by atoms with Crippen LogP contribution >= 0.6 is 0 Å². The van der Waals surface area contributed by atoms with Crippen LogP contribution in [0.1, 0.15) is 36.8 Å².